The molecule has 2 heterocycles. The van der Waals surface area contributed by atoms with Crippen LogP contribution in [0.1, 0.15) is 23.3 Å². The van der Waals surface area contributed by atoms with Gasteiger partial charge in [0.05, 0.1) is 6.04 Å². The molecule has 1 aromatic carbocycles. The molecule has 0 spiro atoms. The predicted octanol–water partition coefficient (Wildman–Crippen LogP) is 2.91. The predicted molar refractivity (Wildman–Crippen MR) is 85.6 cm³/mol. The van der Waals surface area contributed by atoms with Crippen LogP contribution in [0.4, 0.5) is 9.52 Å². The molecular weight excluding hydrogens is 301 g/mol. The highest BCUT2D eigenvalue weighted by Gasteiger charge is 2.28. The van der Waals surface area contributed by atoms with E-state index in [-0.39, 0.29) is 17.8 Å². The minimum Gasteiger partial charge on any atom is -0.301 e. The Balaban J connectivity index is 1.62. The molecule has 1 fully saturated rings. The van der Waals surface area contributed by atoms with Crippen molar-refractivity contribution in [2.75, 3.05) is 18.9 Å². The number of nitrogens with one attached hydrogen (secondary N) is 1. The Hall–Kier alpha value is -1.79. The topological polar surface area (TPSA) is 45.2 Å². The smallest absolute Gasteiger partial charge is 0.243 e. The average molecular weight is 319 g/mol. The monoisotopic (exact) mass is 319 g/mol. The number of hydrogen-bond acceptors (Lipinski definition) is 4. The number of thiazole rings is 1. The number of aromatic nitrogens is 1. The van der Waals surface area contributed by atoms with Crippen molar-refractivity contribution >= 4 is 22.4 Å². The van der Waals surface area contributed by atoms with Crippen LogP contribution in [0, 0.1) is 5.82 Å². The molecule has 3 rings (SSSR count). The number of anilines is 1. The fourth-order valence-corrected chi connectivity index (χ4v) is 3.57. The van der Waals surface area contributed by atoms with Gasteiger partial charge in [0.1, 0.15) is 5.82 Å². The third-order valence-corrected chi connectivity index (χ3v) is 4.79. The summed E-state index contributed by atoms with van der Waals surface area (Å²) in [5, 5.41) is 3.49. The first-order chi connectivity index (χ1) is 10.6. The van der Waals surface area contributed by atoms with Crippen molar-refractivity contribution in [1.82, 2.24) is 9.88 Å². The zero-order valence-electron chi connectivity index (χ0n) is 12.4. The van der Waals surface area contributed by atoms with Crippen molar-refractivity contribution in [1.29, 1.82) is 0 Å². The minimum atomic E-state index is -0.236. The van der Waals surface area contributed by atoms with Gasteiger partial charge in [-0.2, -0.15) is 0 Å². The van der Waals surface area contributed by atoms with Gasteiger partial charge in [0.15, 0.2) is 5.13 Å². The van der Waals surface area contributed by atoms with E-state index in [4.69, 9.17) is 0 Å². The Morgan fingerprint density at radius 1 is 1.55 bits per heavy atom. The summed E-state index contributed by atoms with van der Waals surface area (Å²) >= 11 is 1.44. The van der Waals surface area contributed by atoms with E-state index in [1.165, 1.54) is 23.5 Å². The van der Waals surface area contributed by atoms with Crippen LogP contribution in [0.5, 0.6) is 0 Å². The first-order valence-electron chi connectivity index (χ1n) is 7.32. The van der Waals surface area contributed by atoms with E-state index in [9.17, 15) is 9.18 Å². The van der Waals surface area contributed by atoms with E-state index < -0.39 is 0 Å². The van der Waals surface area contributed by atoms with Crippen molar-refractivity contribution < 1.29 is 9.18 Å². The first-order valence-corrected chi connectivity index (χ1v) is 8.14. The summed E-state index contributed by atoms with van der Waals surface area (Å²) in [7, 11) is 1.97. The van der Waals surface area contributed by atoms with E-state index in [2.05, 4.69) is 15.2 Å². The molecule has 0 bridgehead atoms. The second kappa shape index (κ2) is 6.54. The summed E-state index contributed by atoms with van der Waals surface area (Å²) in [5.74, 6) is -0.230. The van der Waals surface area contributed by atoms with Crippen molar-refractivity contribution in [2.24, 2.45) is 0 Å². The lowest BCUT2D eigenvalue weighted by Gasteiger charge is -2.17. The molecule has 1 amide bonds. The maximum atomic E-state index is 13.2. The fraction of sp³-hybridized carbons (Fsp3) is 0.375. The van der Waals surface area contributed by atoms with Crippen molar-refractivity contribution in [2.45, 2.75) is 25.3 Å². The molecule has 1 saturated heterocycles. The van der Waals surface area contributed by atoms with Crippen LogP contribution in [-0.4, -0.2) is 35.4 Å². The molecule has 2 aromatic rings. The molecule has 22 heavy (non-hydrogen) atoms. The van der Waals surface area contributed by atoms with Crippen molar-refractivity contribution in [3.63, 3.8) is 0 Å². The Morgan fingerprint density at radius 2 is 2.41 bits per heavy atom. The van der Waals surface area contributed by atoms with Crippen molar-refractivity contribution in [3.8, 4) is 0 Å². The summed E-state index contributed by atoms with van der Waals surface area (Å²) in [6, 6.07) is 6.47. The number of likely N-dealkylation sites (tertiary alicyclic amines) is 1. The number of carbonyl (C=O) groups is 1. The standard InChI is InChI=1S/C16H18FN3OS/c1-20-7-3-6-14(20)15(21)19-16-18-10-13(22-16)9-11-4-2-5-12(17)8-11/h2,4-5,8,10,14H,3,6-7,9H2,1H3,(H,18,19,21)/t14-/m0/s1. The van der Waals surface area contributed by atoms with Crippen LogP contribution in [0.2, 0.25) is 0 Å². The number of benzene rings is 1. The zero-order chi connectivity index (χ0) is 15.5. The Morgan fingerprint density at radius 3 is 3.14 bits per heavy atom. The number of halogens is 1. The molecular formula is C16H18FN3OS. The Labute approximate surface area is 133 Å². The molecule has 6 heteroatoms. The third kappa shape index (κ3) is 3.51. The maximum absolute atomic E-state index is 13.2. The summed E-state index contributed by atoms with van der Waals surface area (Å²) in [4.78, 5) is 19.5. The molecule has 0 aliphatic carbocycles. The van der Waals surface area contributed by atoms with Gasteiger partial charge in [-0.3, -0.25) is 9.69 Å². The largest absolute Gasteiger partial charge is 0.301 e. The SMILES string of the molecule is CN1CCC[C@H]1C(=O)Nc1ncc(Cc2cccc(F)c2)s1. The lowest BCUT2D eigenvalue weighted by atomic mass is 10.1. The van der Waals surface area contributed by atoms with Gasteiger partial charge in [-0.25, -0.2) is 9.37 Å². The van der Waals surface area contributed by atoms with Crippen LogP contribution >= 0.6 is 11.3 Å². The molecule has 0 saturated carbocycles. The van der Waals surface area contributed by atoms with Gasteiger partial charge in [0.2, 0.25) is 5.91 Å². The molecule has 1 aliphatic heterocycles. The molecule has 0 radical (unpaired) electrons. The number of nitrogens with zero attached hydrogens (tertiary/aromatic N) is 2. The number of amides is 1. The molecule has 4 nitrogen and oxygen atoms in total. The number of likely N-dealkylation sites (N-methyl/N-ethyl adjacent to an activating group) is 1. The number of hydrogen-bond donors (Lipinski definition) is 1. The van der Waals surface area contributed by atoms with Gasteiger partial charge in [-0.15, -0.1) is 11.3 Å². The van der Waals surface area contributed by atoms with E-state index in [0.29, 0.717) is 11.6 Å². The second-order valence-corrected chi connectivity index (χ2v) is 6.68. The molecule has 0 unspecified atom stereocenters. The lowest BCUT2D eigenvalue weighted by molar-refractivity contribution is -0.119. The van der Waals surface area contributed by atoms with Gasteiger partial charge < -0.3 is 5.32 Å². The van der Waals surface area contributed by atoms with Crippen LogP contribution < -0.4 is 5.32 Å². The molecule has 1 N–H and O–H groups in total. The van der Waals surface area contributed by atoms with Gasteiger partial charge in [-0.05, 0) is 44.1 Å². The summed E-state index contributed by atoms with van der Waals surface area (Å²) < 4.78 is 13.2. The number of rotatable bonds is 4. The summed E-state index contributed by atoms with van der Waals surface area (Å²) in [6.07, 6.45) is 4.30. The quantitative estimate of drug-likeness (QED) is 0.942. The zero-order valence-corrected chi connectivity index (χ0v) is 13.2. The molecule has 1 aromatic heterocycles. The van der Waals surface area contributed by atoms with E-state index >= 15 is 0 Å². The van der Waals surface area contributed by atoms with Gasteiger partial charge >= 0.3 is 0 Å². The molecule has 1 atom stereocenters. The highest BCUT2D eigenvalue weighted by molar-refractivity contribution is 7.15. The Bertz CT molecular complexity index is 673. The van der Waals surface area contributed by atoms with Crippen LogP contribution in [0.25, 0.3) is 0 Å². The number of carbonyl (C=O) groups excluding carboxylic acids is 1. The first kappa shape index (κ1) is 15.1. The Kier molecular flexibility index (Phi) is 4.49. The van der Waals surface area contributed by atoms with Gasteiger partial charge in [0, 0.05) is 17.5 Å². The van der Waals surface area contributed by atoms with E-state index in [1.54, 1.807) is 12.3 Å². The van der Waals surface area contributed by atoms with Crippen LogP contribution in [-0.2, 0) is 11.2 Å². The normalized spacial score (nSPS) is 18.5. The average Bonchev–Trinajstić information content (AvgIpc) is 3.08. The molecule has 116 valence electrons. The summed E-state index contributed by atoms with van der Waals surface area (Å²) in [6.45, 7) is 0.959. The van der Waals surface area contributed by atoms with Crippen LogP contribution in [0.3, 0.4) is 0 Å². The minimum absolute atomic E-state index is 0.00616. The van der Waals surface area contributed by atoms with E-state index in [0.717, 1.165) is 29.8 Å². The van der Waals surface area contributed by atoms with Gasteiger partial charge in [0.25, 0.3) is 0 Å². The van der Waals surface area contributed by atoms with E-state index in [1.807, 2.05) is 13.1 Å². The summed E-state index contributed by atoms with van der Waals surface area (Å²) in [5.41, 5.74) is 0.900. The molecule has 1 aliphatic rings. The second-order valence-electron chi connectivity index (χ2n) is 5.57. The maximum Gasteiger partial charge on any atom is 0.243 e. The third-order valence-electron chi connectivity index (χ3n) is 3.87. The fourth-order valence-electron chi connectivity index (χ4n) is 2.73. The highest BCUT2D eigenvalue weighted by Crippen LogP contribution is 2.23. The van der Waals surface area contributed by atoms with Crippen molar-refractivity contribution in [3.05, 3.63) is 46.7 Å². The van der Waals surface area contributed by atoms with Crippen LogP contribution in [0.15, 0.2) is 30.5 Å². The lowest BCUT2D eigenvalue weighted by Crippen LogP contribution is -2.37. The highest BCUT2D eigenvalue weighted by atomic mass is 32.1. The van der Waals surface area contributed by atoms with Gasteiger partial charge in [-0.1, -0.05) is 12.1 Å².